The third kappa shape index (κ3) is 4.96. The molecule has 2 aromatic carbocycles. The summed E-state index contributed by atoms with van der Waals surface area (Å²) in [6, 6.07) is 8.20. The first-order chi connectivity index (χ1) is 13.0. The largest absolute Gasteiger partial charge is 0.416 e. The van der Waals surface area contributed by atoms with Gasteiger partial charge in [-0.15, -0.1) is 11.3 Å². The maximum absolute atomic E-state index is 12.9. The number of para-hydroxylation sites is 1. The second-order valence-corrected chi connectivity index (χ2v) is 7.83. The number of aromatic nitrogens is 1. The maximum Gasteiger partial charge on any atom is 0.416 e. The Morgan fingerprint density at radius 1 is 1.00 bits per heavy atom. The number of nitrogens with zero attached hydrogens (tertiary/aromatic N) is 1. The van der Waals surface area contributed by atoms with E-state index in [0.717, 1.165) is 22.0 Å². The summed E-state index contributed by atoms with van der Waals surface area (Å²) in [5.41, 5.74) is -2.81. The first-order valence-corrected chi connectivity index (χ1v) is 9.40. The lowest BCUT2D eigenvalue weighted by Gasteiger charge is -2.14. The van der Waals surface area contributed by atoms with E-state index in [2.05, 4.69) is 10.3 Å². The van der Waals surface area contributed by atoms with Gasteiger partial charge in [0.25, 0.3) is 0 Å². The summed E-state index contributed by atoms with van der Waals surface area (Å²) >= 11 is 2.38. The van der Waals surface area contributed by atoms with Crippen LogP contribution in [-0.2, 0) is 17.1 Å². The molecule has 3 nitrogen and oxygen atoms in total. The molecule has 0 atom stereocenters. The molecule has 0 fully saturated rings. The Hall–Kier alpha value is -2.27. The summed E-state index contributed by atoms with van der Waals surface area (Å²) in [5, 5.41) is 2.09. The zero-order chi connectivity index (χ0) is 20.5. The van der Waals surface area contributed by atoms with Gasteiger partial charge >= 0.3 is 12.4 Å². The van der Waals surface area contributed by atoms with Crippen LogP contribution in [0.1, 0.15) is 11.1 Å². The van der Waals surface area contributed by atoms with Gasteiger partial charge in [-0.2, -0.15) is 26.3 Å². The second-order valence-electron chi connectivity index (χ2n) is 5.58. The Morgan fingerprint density at radius 3 is 2.18 bits per heavy atom. The molecule has 0 aliphatic heterocycles. The number of nitrogens with one attached hydrogen (secondary N) is 1. The number of carbonyl (C=O) groups is 1. The first kappa shape index (κ1) is 20.5. The summed E-state index contributed by atoms with van der Waals surface area (Å²) < 4.78 is 78.6. The molecule has 0 radical (unpaired) electrons. The van der Waals surface area contributed by atoms with Crippen molar-refractivity contribution in [1.29, 1.82) is 0 Å². The average molecular weight is 436 g/mol. The summed E-state index contributed by atoms with van der Waals surface area (Å²) in [6.07, 6.45) is -9.95. The van der Waals surface area contributed by atoms with E-state index in [1.807, 2.05) is 12.1 Å². The molecule has 1 aromatic heterocycles. The van der Waals surface area contributed by atoms with Gasteiger partial charge in [0.15, 0.2) is 4.34 Å². The van der Waals surface area contributed by atoms with Crippen LogP contribution in [0.5, 0.6) is 0 Å². The fourth-order valence-electron chi connectivity index (χ4n) is 2.26. The number of alkyl halides is 6. The molecule has 0 aliphatic carbocycles. The van der Waals surface area contributed by atoms with Crippen LogP contribution >= 0.6 is 23.1 Å². The number of carbonyl (C=O) groups excluding carboxylic acids is 1. The third-order valence-electron chi connectivity index (χ3n) is 3.47. The molecule has 0 aliphatic rings. The van der Waals surface area contributed by atoms with E-state index >= 15 is 0 Å². The highest BCUT2D eigenvalue weighted by Crippen LogP contribution is 2.37. The molecule has 0 bridgehead atoms. The molecule has 28 heavy (non-hydrogen) atoms. The van der Waals surface area contributed by atoms with Gasteiger partial charge in [0.05, 0.1) is 27.1 Å². The number of thioether (sulfide) groups is 1. The highest BCUT2D eigenvalue weighted by atomic mass is 32.2. The predicted molar refractivity (Wildman–Crippen MR) is 95.4 cm³/mol. The molecule has 1 amide bonds. The Balaban J connectivity index is 1.73. The van der Waals surface area contributed by atoms with Gasteiger partial charge in [0.1, 0.15) is 0 Å². The standard InChI is InChI=1S/C17H10F6N2OS2/c18-16(19,20)9-5-10(17(21,22)23)7-11(6-9)24-14(26)8-27-15-25-12-3-1-2-4-13(12)28-15/h1-7H,8H2,(H,24,26). The molecule has 3 rings (SSSR count). The summed E-state index contributed by atoms with van der Waals surface area (Å²) in [5.74, 6) is -0.950. The van der Waals surface area contributed by atoms with Crippen LogP contribution in [0.2, 0.25) is 0 Å². The average Bonchev–Trinajstić information content (AvgIpc) is 3.01. The molecule has 0 saturated heterocycles. The molecule has 148 valence electrons. The van der Waals surface area contributed by atoms with E-state index in [0.29, 0.717) is 16.5 Å². The summed E-state index contributed by atoms with van der Waals surface area (Å²) in [6.45, 7) is 0. The molecule has 0 spiro atoms. The van der Waals surface area contributed by atoms with Crippen LogP contribution in [0, 0.1) is 0 Å². The normalized spacial score (nSPS) is 12.4. The summed E-state index contributed by atoms with van der Waals surface area (Å²) in [7, 11) is 0. The lowest BCUT2D eigenvalue weighted by molar-refractivity contribution is -0.143. The molecular formula is C17H10F6N2OS2. The van der Waals surface area contributed by atoms with Crippen LogP contribution in [0.4, 0.5) is 32.0 Å². The van der Waals surface area contributed by atoms with Crippen LogP contribution in [0.3, 0.4) is 0 Å². The number of hydrogen-bond donors (Lipinski definition) is 1. The van der Waals surface area contributed by atoms with Gasteiger partial charge < -0.3 is 5.32 Å². The van der Waals surface area contributed by atoms with Gasteiger partial charge in [-0.1, -0.05) is 23.9 Å². The maximum atomic E-state index is 12.9. The van der Waals surface area contributed by atoms with Crippen molar-refractivity contribution in [2.45, 2.75) is 16.7 Å². The number of halogens is 6. The molecule has 1 heterocycles. The molecular weight excluding hydrogens is 426 g/mol. The van der Waals surface area contributed by atoms with Crippen molar-refractivity contribution in [2.75, 3.05) is 11.1 Å². The zero-order valence-corrected chi connectivity index (χ0v) is 15.3. The van der Waals surface area contributed by atoms with Crippen molar-refractivity contribution in [2.24, 2.45) is 0 Å². The van der Waals surface area contributed by atoms with Crippen molar-refractivity contribution in [3.63, 3.8) is 0 Å². The van der Waals surface area contributed by atoms with Crippen LogP contribution in [0.25, 0.3) is 10.2 Å². The molecule has 1 N–H and O–H groups in total. The van der Waals surface area contributed by atoms with Gasteiger partial charge in [-0.25, -0.2) is 4.98 Å². The van der Waals surface area contributed by atoms with E-state index in [4.69, 9.17) is 0 Å². The van der Waals surface area contributed by atoms with Crippen LogP contribution < -0.4 is 5.32 Å². The zero-order valence-electron chi connectivity index (χ0n) is 13.7. The van der Waals surface area contributed by atoms with E-state index in [1.165, 1.54) is 11.3 Å². The van der Waals surface area contributed by atoms with Gasteiger partial charge in [-0.05, 0) is 30.3 Å². The number of hydrogen-bond acceptors (Lipinski definition) is 4. The number of amides is 1. The Labute approximate surface area is 162 Å². The van der Waals surface area contributed by atoms with Crippen LogP contribution in [-0.4, -0.2) is 16.6 Å². The van der Waals surface area contributed by atoms with Crippen molar-refractivity contribution >= 4 is 44.9 Å². The number of benzene rings is 2. The highest BCUT2D eigenvalue weighted by Gasteiger charge is 2.37. The molecule has 11 heteroatoms. The lowest BCUT2D eigenvalue weighted by atomic mass is 10.1. The van der Waals surface area contributed by atoms with Gasteiger partial charge in [0, 0.05) is 5.69 Å². The van der Waals surface area contributed by atoms with Crippen molar-refractivity contribution < 1.29 is 31.1 Å². The van der Waals surface area contributed by atoms with E-state index < -0.39 is 35.1 Å². The monoisotopic (exact) mass is 436 g/mol. The minimum Gasteiger partial charge on any atom is -0.325 e. The van der Waals surface area contributed by atoms with Crippen molar-refractivity contribution in [1.82, 2.24) is 4.98 Å². The molecule has 0 saturated carbocycles. The second kappa shape index (κ2) is 7.63. The van der Waals surface area contributed by atoms with Crippen molar-refractivity contribution in [3.8, 4) is 0 Å². The Morgan fingerprint density at radius 2 is 1.61 bits per heavy atom. The Kier molecular flexibility index (Phi) is 5.57. The predicted octanol–water partition coefficient (Wildman–Crippen LogP) is 6.06. The number of thiazole rings is 1. The van der Waals surface area contributed by atoms with E-state index in [9.17, 15) is 31.1 Å². The minimum absolute atomic E-state index is 0.00548. The topological polar surface area (TPSA) is 42.0 Å². The smallest absolute Gasteiger partial charge is 0.325 e. The number of anilines is 1. The minimum atomic E-state index is -4.98. The highest BCUT2D eigenvalue weighted by molar-refractivity contribution is 8.01. The van der Waals surface area contributed by atoms with E-state index in [-0.39, 0.29) is 11.8 Å². The molecule has 0 unspecified atom stereocenters. The SMILES string of the molecule is O=C(CSc1nc2ccccc2s1)Nc1cc(C(F)(F)F)cc(C(F)(F)F)c1. The first-order valence-electron chi connectivity index (χ1n) is 7.60. The number of rotatable bonds is 4. The third-order valence-corrected chi connectivity index (χ3v) is 5.65. The Bertz CT molecular complexity index is 948. The van der Waals surface area contributed by atoms with Gasteiger partial charge in [-0.3, -0.25) is 4.79 Å². The summed E-state index contributed by atoms with van der Waals surface area (Å²) in [4.78, 5) is 16.3. The number of fused-ring (bicyclic) bond motifs is 1. The van der Waals surface area contributed by atoms with Crippen LogP contribution in [0.15, 0.2) is 46.8 Å². The lowest BCUT2D eigenvalue weighted by Crippen LogP contribution is -2.17. The van der Waals surface area contributed by atoms with Gasteiger partial charge in [0.2, 0.25) is 5.91 Å². The van der Waals surface area contributed by atoms with E-state index in [1.54, 1.807) is 12.1 Å². The van der Waals surface area contributed by atoms with Crippen molar-refractivity contribution in [3.05, 3.63) is 53.6 Å². The molecule has 3 aromatic rings. The quantitative estimate of drug-likeness (QED) is 0.399. The fourth-order valence-corrected chi connectivity index (χ4v) is 4.13. The fraction of sp³-hybridized carbons (Fsp3) is 0.176.